The predicted octanol–water partition coefficient (Wildman–Crippen LogP) is 5.55. The lowest BCUT2D eigenvalue weighted by atomic mass is 9.98. The molecule has 0 saturated heterocycles. The number of benzene rings is 3. The molecule has 0 unspecified atom stereocenters. The van der Waals surface area contributed by atoms with E-state index in [1.54, 1.807) is 0 Å². The number of para-hydroxylation sites is 1. The fourth-order valence-corrected chi connectivity index (χ4v) is 3.38. The van der Waals surface area contributed by atoms with Gasteiger partial charge in [-0.1, -0.05) is 60.2 Å². The van der Waals surface area contributed by atoms with Crippen LogP contribution < -0.4 is 10.1 Å². The second-order valence-electron chi connectivity index (χ2n) is 6.61. The molecule has 0 aliphatic carbocycles. The molecule has 0 radical (unpaired) electrons. The number of carbonyl (C=O) groups is 1. The molecule has 1 amide bonds. The lowest BCUT2D eigenvalue weighted by molar-refractivity contribution is -0.110. The average Bonchev–Trinajstić information content (AvgIpc) is 2.98. The first-order chi connectivity index (χ1) is 13.2. The van der Waals surface area contributed by atoms with E-state index in [-0.39, 0.29) is 5.91 Å². The Morgan fingerprint density at radius 1 is 0.963 bits per heavy atom. The Bertz CT molecular complexity index is 1050. The van der Waals surface area contributed by atoms with E-state index in [1.165, 1.54) is 5.56 Å². The molecular weight excluding hydrogens is 334 g/mol. The summed E-state index contributed by atoms with van der Waals surface area (Å²) < 4.78 is 5.68. The van der Waals surface area contributed by atoms with Gasteiger partial charge in [0.15, 0.2) is 0 Å². The van der Waals surface area contributed by atoms with Crippen molar-refractivity contribution in [2.24, 2.45) is 0 Å². The predicted molar refractivity (Wildman–Crippen MR) is 111 cm³/mol. The van der Waals surface area contributed by atoms with Gasteiger partial charge < -0.3 is 10.1 Å². The molecule has 3 aromatic rings. The molecule has 1 aliphatic rings. The number of ether oxygens (including phenoxy) is 1. The number of hydrogen-bond donors (Lipinski definition) is 1. The van der Waals surface area contributed by atoms with E-state index >= 15 is 0 Å². The van der Waals surface area contributed by atoms with Crippen LogP contribution in [0.4, 0.5) is 5.69 Å². The van der Waals surface area contributed by atoms with Crippen LogP contribution in [0.2, 0.25) is 0 Å². The van der Waals surface area contributed by atoms with Crippen LogP contribution in [0.3, 0.4) is 0 Å². The molecule has 3 nitrogen and oxygen atoms in total. The molecule has 27 heavy (non-hydrogen) atoms. The van der Waals surface area contributed by atoms with Crippen LogP contribution >= 0.6 is 0 Å². The largest absolute Gasteiger partial charge is 0.493 e. The number of carbonyl (C=O) groups excluding carboxylic acids is 1. The van der Waals surface area contributed by atoms with Crippen molar-refractivity contribution in [2.45, 2.75) is 13.8 Å². The summed E-state index contributed by atoms with van der Waals surface area (Å²) >= 11 is 0. The fraction of sp³-hybridized carbons (Fsp3) is 0.125. The first kappa shape index (κ1) is 17.1. The van der Waals surface area contributed by atoms with E-state index in [0.29, 0.717) is 12.2 Å². The van der Waals surface area contributed by atoms with E-state index in [0.717, 1.165) is 33.7 Å². The van der Waals surface area contributed by atoms with Crippen LogP contribution in [0.15, 0.2) is 66.7 Å². The number of aryl methyl sites for hydroxylation is 1. The first-order valence-electron chi connectivity index (χ1n) is 9.12. The minimum absolute atomic E-state index is 0.0855. The highest BCUT2D eigenvalue weighted by Gasteiger charge is 2.24. The molecule has 3 heteroatoms. The van der Waals surface area contributed by atoms with Crippen LogP contribution in [0, 0.1) is 6.92 Å². The summed E-state index contributed by atoms with van der Waals surface area (Å²) in [5.74, 6) is 0.697. The minimum atomic E-state index is -0.0855. The lowest BCUT2D eigenvalue weighted by Crippen LogP contribution is -2.03. The molecule has 0 aromatic heterocycles. The summed E-state index contributed by atoms with van der Waals surface area (Å²) in [4.78, 5) is 12.6. The number of amides is 1. The van der Waals surface area contributed by atoms with Crippen LogP contribution in [0.25, 0.3) is 22.8 Å². The van der Waals surface area contributed by atoms with Gasteiger partial charge >= 0.3 is 0 Å². The molecule has 0 bridgehead atoms. The molecule has 0 fully saturated rings. The van der Waals surface area contributed by atoms with Gasteiger partial charge in [-0.3, -0.25) is 4.79 Å². The SMILES string of the molecule is CCOc1ccccc1/C=C1/C(=O)Nc2cc(-c3cccc(C)c3)ccc21. The van der Waals surface area contributed by atoms with Gasteiger partial charge in [0, 0.05) is 22.4 Å². The van der Waals surface area contributed by atoms with Crippen molar-refractivity contribution in [2.75, 3.05) is 11.9 Å². The van der Waals surface area contributed by atoms with Gasteiger partial charge in [0.2, 0.25) is 0 Å². The molecule has 1 heterocycles. The number of fused-ring (bicyclic) bond motifs is 1. The van der Waals surface area contributed by atoms with E-state index in [1.807, 2.05) is 55.5 Å². The van der Waals surface area contributed by atoms with Gasteiger partial charge in [-0.2, -0.15) is 0 Å². The third-order valence-electron chi connectivity index (χ3n) is 4.67. The summed E-state index contributed by atoms with van der Waals surface area (Å²) in [5, 5.41) is 3.00. The van der Waals surface area contributed by atoms with Gasteiger partial charge in [-0.15, -0.1) is 0 Å². The van der Waals surface area contributed by atoms with Gasteiger partial charge in [-0.05, 0) is 43.2 Å². The Morgan fingerprint density at radius 3 is 2.59 bits per heavy atom. The number of hydrogen-bond acceptors (Lipinski definition) is 2. The molecule has 1 N–H and O–H groups in total. The van der Waals surface area contributed by atoms with E-state index in [4.69, 9.17) is 4.74 Å². The van der Waals surface area contributed by atoms with Crippen molar-refractivity contribution in [1.82, 2.24) is 0 Å². The van der Waals surface area contributed by atoms with E-state index in [9.17, 15) is 4.79 Å². The van der Waals surface area contributed by atoms with Crippen molar-refractivity contribution in [1.29, 1.82) is 0 Å². The Kier molecular flexibility index (Phi) is 4.51. The zero-order chi connectivity index (χ0) is 18.8. The molecule has 1 aliphatic heterocycles. The highest BCUT2D eigenvalue weighted by Crippen LogP contribution is 2.37. The van der Waals surface area contributed by atoms with E-state index < -0.39 is 0 Å². The number of rotatable bonds is 4. The summed E-state index contributed by atoms with van der Waals surface area (Å²) in [7, 11) is 0. The molecule has 0 saturated carbocycles. The molecular formula is C24H21NO2. The number of nitrogens with one attached hydrogen (secondary N) is 1. The highest BCUT2D eigenvalue weighted by molar-refractivity contribution is 6.35. The maximum atomic E-state index is 12.6. The average molecular weight is 355 g/mol. The molecule has 0 atom stereocenters. The summed E-state index contributed by atoms with van der Waals surface area (Å²) in [6, 6.07) is 22.2. The van der Waals surface area contributed by atoms with Crippen molar-refractivity contribution in [3.05, 3.63) is 83.4 Å². The second-order valence-corrected chi connectivity index (χ2v) is 6.61. The molecule has 3 aromatic carbocycles. The van der Waals surface area contributed by atoms with Gasteiger partial charge in [0.05, 0.1) is 6.61 Å². The minimum Gasteiger partial charge on any atom is -0.493 e. The zero-order valence-corrected chi connectivity index (χ0v) is 15.5. The quantitative estimate of drug-likeness (QED) is 0.623. The van der Waals surface area contributed by atoms with Crippen LogP contribution in [-0.4, -0.2) is 12.5 Å². The Hall–Kier alpha value is -3.33. The lowest BCUT2D eigenvalue weighted by Gasteiger charge is -2.08. The van der Waals surface area contributed by atoms with E-state index in [2.05, 4.69) is 36.5 Å². The Balaban J connectivity index is 1.74. The number of anilines is 1. The van der Waals surface area contributed by atoms with Gasteiger partial charge in [0.1, 0.15) is 5.75 Å². The standard InChI is InChI=1S/C24H21NO2/c1-3-27-23-10-5-4-8-19(23)14-21-20-12-11-18(15-22(20)25-24(21)26)17-9-6-7-16(2)13-17/h4-15H,3H2,1-2H3,(H,25,26)/b21-14+. The maximum absolute atomic E-state index is 12.6. The van der Waals surface area contributed by atoms with Gasteiger partial charge in [-0.25, -0.2) is 0 Å². The third kappa shape index (κ3) is 3.36. The summed E-state index contributed by atoms with van der Waals surface area (Å²) in [5.41, 5.74) is 6.78. The van der Waals surface area contributed by atoms with Crippen LogP contribution in [0.5, 0.6) is 5.75 Å². The van der Waals surface area contributed by atoms with Gasteiger partial charge in [0.25, 0.3) is 5.91 Å². The van der Waals surface area contributed by atoms with Crippen LogP contribution in [0.1, 0.15) is 23.6 Å². The fourth-order valence-electron chi connectivity index (χ4n) is 3.38. The summed E-state index contributed by atoms with van der Waals surface area (Å²) in [6.07, 6.45) is 1.90. The maximum Gasteiger partial charge on any atom is 0.256 e. The Morgan fingerprint density at radius 2 is 1.78 bits per heavy atom. The summed E-state index contributed by atoms with van der Waals surface area (Å²) in [6.45, 7) is 4.62. The third-order valence-corrected chi connectivity index (χ3v) is 4.67. The zero-order valence-electron chi connectivity index (χ0n) is 15.5. The molecule has 0 spiro atoms. The highest BCUT2D eigenvalue weighted by atomic mass is 16.5. The Labute approximate surface area is 159 Å². The smallest absolute Gasteiger partial charge is 0.256 e. The van der Waals surface area contributed by atoms with Crippen LogP contribution in [-0.2, 0) is 4.79 Å². The van der Waals surface area contributed by atoms with Crippen molar-refractivity contribution < 1.29 is 9.53 Å². The van der Waals surface area contributed by atoms with Crippen molar-refractivity contribution >= 4 is 23.2 Å². The monoisotopic (exact) mass is 355 g/mol. The van der Waals surface area contributed by atoms with Crippen molar-refractivity contribution in [3.8, 4) is 16.9 Å². The topological polar surface area (TPSA) is 38.3 Å². The van der Waals surface area contributed by atoms with Crippen molar-refractivity contribution in [3.63, 3.8) is 0 Å². The molecule has 134 valence electrons. The second kappa shape index (κ2) is 7.12. The first-order valence-corrected chi connectivity index (χ1v) is 9.12. The normalized spacial score (nSPS) is 14.1. The molecule has 4 rings (SSSR count).